The van der Waals surface area contributed by atoms with Crippen LogP contribution < -0.4 is 15.4 Å². The highest BCUT2D eigenvalue weighted by Crippen LogP contribution is 2.23. The summed E-state index contributed by atoms with van der Waals surface area (Å²) in [6.45, 7) is -0.132. The van der Waals surface area contributed by atoms with Gasteiger partial charge >= 0.3 is 6.18 Å². The van der Waals surface area contributed by atoms with Crippen molar-refractivity contribution in [2.75, 3.05) is 31.4 Å². The van der Waals surface area contributed by atoms with E-state index in [2.05, 4.69) is 14.6 Å². The van der Waals surface area contributed by atoms with E-state index in [9.17, 15) is 13.2 Å². The van der Waals surface area contributed by atoms with Crippen molar-refractivity contribution in [2.24, 2.45) is 5.73 Å². The van der Waals surface area contributed by atoms with Crippen LogP contribution in [0.15, 0.2) is 18.5 Å². The maximum Gasteiger partial charge on any atom is 0.411 e. The summed E-state index contributed by atoms with van der Waals surface area (Å²) in [7, 11) is 0. The van der Waals surface area contributed by atoms with Crippen molar-refractivity contribution in [3.05, 3.63) is 18.5 Å². The molecular formula is C13H18F3N3O2. The molecule has 0 amide bonds. The number of pyridine rings is 1. The van der Waals surface area contributed by atoms with Gasteiger partial charge in [-0.1, -0.05) is 0 Å². The van der Waals surface area contributed by atoms with Crippen LogP contribution in [0, 0.1) is 0 Å². The van der Waals surface area contributed by atoms with Gasteiger partial charge in [-0.2, -0.15) is 13.2 Å². The fourth-order valence-electron chi connectivity index (χ4n) is 2.08. The second-order valence-electron chi connectivity index (χ2n) is 4.93. The highest BCUT2D eigenvalue weighted by Gasteiger charge is 2.27. The molecule has 0 unspecified atom stereocenters. The molecule has 0 radical (unpaired) electrons. The number of piperidine rings is 1. The van der Waals surface area contributed by atoms with Crippen LogP contribution in [0.25, 0.3) is 0 Å². The molecule has 0 bridgehead atoms. The second-order valence-corrected chi connectivity index (χ2v) is 4.93. The highest BCUT2D eigenvalue weighted by atomic mass is 19.4. The number of alkyl halides is 3. The molecular weight excluding hydrogens is 287 g/mol. The molecule has 1 fully saturated rings. The van der Waals surface area contributed by atoms with E-state index in [-0.39, 0.29) is 6.04 Å². The van der Waals surface area contributed by atoms with Crippen molar-refractivity contribution in [3.8, 4) is 5.75 Å². The van der Waals surface area contributed by atoms with Crippen molar-refractivity contribution in [1.82, 2.24) is 4.98 Å². The Bertz CT molecular complexity index is 449. The van der Waals surface area contributed by atoms with Gasteiger partial charge in [0.05, 0.1) is 18.1 Å². The summed E-state index contributed by atoms with van der Waals surface area (Å²) in [5.41, 5.74) is 6.72. The average molecular weight is 305 g/mol. The van der Waals surface area contributed by atoms with Crippen LogP contribution >= 0.6 is 0 Å². The first-order chi connectivity index (χ1) is 9.94. The lowest BCUT2D eigenvalue weighted by Gasteiger charge is -2.31. The monoisotopic (exact) mass is 305 g/mol. The third kappa shape index (κ3) is 5.39. The molecule has 1 aliphatic rings. The summed E-state index contributed by atoms with van der Waals surface area (Å²) in [6, 6.07) is 1.96. The molecule has 1 saturated heterocycles. The predicted molar refractivity (Wildman–Crippen MR) is 71.2 cm³/mol. The molecule has 1 aliphatic heterocycles. The third-order valence-electron chi connectivity index (χ3n) is 3.18. The van der Waals surface area contributed by atoms with E-state index in [1.54, 1.807) is 12.3 Å². The van der Waals surface area contributed by atoms with E-state index >= 15 is 0 Å². The summed E-state index contributed by atoms with van der Waals surface area (Å²) < 4.78 is 45.2. The van der Waals surface area contributed by atoms with E-state index in [4.69, 9.17) is 10.5 Å². The summed E-state index contributed by atoms with van der Waals surface area (Å²) in [5, 5.41) is 0. The van der Waals surface area contributed by atoms with Gasteiger partial charge in [-0.05, 0) is 12.8 Å². The van der Waals surface area contributed by atoms with E-state index in [1.807, 2.05) is 0 Å². The quantitative estimate of drug-likeness (QED) is 0.665. The average Bonchev–Trinajstić information content (AvgIpc) is 2.44. The van der Waals surface area contributed by atoms with Crippen molar-refractivity contribution >= 4 is 5.69 Å². The Hall–Kier alpha value is -1.54. The van der Waals surface area contributed by atoms with Gasteiger partial charge in [-0.15, -0.1) is 0 Å². The molecule has 0 aromatic carbocycles. The van der Waals surface area contributed by atoms with Crippen molar-refractivity contribution in [2.45, 2.75) is 25.1 Å². The second kappa shape index (κ2) is 6.95. The Morgan fingerprint density at radius 2 is 2.00 bits per heavy atom. The summed E-state index contributed by atoms with van der Waals surface area (Å²) in [6.07, 6.45) is 0.589. The Balaban J connectivity index is 1.83. The molecule has 0 saturated carbocycles. The topological polar surface area (TPSA) is 60.6 Å². The predicted octanol–water partition coefficient (Wildman–Crippen LogP) is 1.92. The molecule has 21 heavy (non-hydrogen) atoms. The zero-order chi connectivity index (χ0) is 15.3. The first kappa shape index (κ1) is 15.8. The molecule has 0 spiro atoms. The van der Waals surface area contributed by atoms with Crippen LogP contribution in [-0.2, 0) is 4.74 Å². The number of ether oxygens (including phenoxy) is 2. The number of anilines is 1. The molecule has 2 rings (SSSR count). The van der Waals surface area contributed by atoms with Gasteiger partial charge < -0.3 is 20.1 Å². The molecule has 0 aliphatic carbocycles. The summed E-state index contributed by atoms with van der Waals surface area (Å²) >= 11 is 0. The Kier molecular flexibility index (Phi) is 5.24. The van der Waals surface area contributed by atoms with E-state index < -0.39 is 19.6 Å². The Morgan fingerprint density at radius 3 is 2.67 bits per heavy atom. The van der Waals surface area contributed by atoms with Crippen LogP contribution in [0.1, 0.15) is 12.8 Å². The Morgan fingerprint density at radius 1 is 1.29 bits per heavy atom. The molecule has 1 aromatic rings. The smallest absolute Gasteiger partial charge is 0.411 e. The zero-order valence-electron chi connectivity index (χ0n) is 11.5. The van der Waals surface area contributed by atoms with Crippen molar-refractivity contribution in [1.29, 1.82) is 0 Å². The van der Waals surface area contributed by atoms with Crippen LogP contribution in [0.5, 0.6) is 5.75 Å². The number of halogens is 3. The van der Waals surface area contributed by atoms with Crippen LogP contribution in [0.4, 0.5) is 18.9 Å². The van der Waals surface area contributed by atoms with Gasteiger partial charge in [0.1, 0.15) is 12.4 Å². The van der Waals surface area contributed by atoms with Crippen molar-refractivity contribution in [3.63, 3.8) is 0 Å². The van der Waals surface area contributed by atoms with Crippen LogP contribution in [0.3, 0.4) is 0 Å². The maximum absolute atomic E-state index is 11.9. The molecule has 8 heteroatoms. The van der Waals surface area contributed by atoms with E-state index in [0.29, 0.717) is 5.75 Å². The van der Waals surface area contributed by atoms with Gasteiger partial charge in [0.15, 0.2) is 6.79 Å². The van der Waals surface area contributed by atoms with Gasteiger partial charge in [0.2, 0.25) is 0 Å². The molecule has 1 aromatic heterocycles. The number of nitrogens with two attached hydrogens (primary N) is 1. The van der Waals surface area contributed by atoms with Gasteiger partial charge in [-0.25, -0.2) is 0 Å². The molecule has 118 valence electrons. The normalized spacial score (nSPS) is 17.0. The lowest BCUT2D eigenvalue weighted by molar-refractivity contribution is -0.186. The summed E-state index contributed by atoms with van der Waals surface area (Å²) in [5.74, 6) is 0.379. The number of hydrogen-bond donors (Lipinski definition) is 1. The van der Waals surface area contributed by atoms with Gasteiger partial charge in [0, 0.05) is 25.2 Å². The van der Waals surface area contributed by atoms with Gasteiger partial charge in [-0.3, -0.25) is 4.98 Å². The first-order valence-electron chi connectivity index (χ1n) is 6.67. The van der Waals surface area contributed by atoms with E-state index in [0.717, 1.165) is 31.6 Å². The molecule has 2 heterocycles. The third-order valence-corrected chi connectivity index (χ3v) is 3.18. The number of nitrogens with zero attached hydrogens (tertiary/aromatic N) is 2. The van der Waals surface area contributed by atoms with E-state index in [1.165, 1.54) is 6.20 Å². The van der Waals surface area contributed by atoms with Crippen LogP contribution in [-0.4, -0.2) is 43.7 Å². The number of hydrogen-bond acceptors (Lipinski definition) is 5. The number of aromatic nitrogens is 1. The minimum Gasteiger partial charge on any atom is -0.466 e. The minimum atomic E-state index is -4.35. The lowest BCUT2D eigenvalue weighted by Crippen LogP contribution is -2.39. The number of rotatable bonds is 5. The fourth-order valence-corrected chi connectivity index (χ4v) is 2.08. The molecule has 5 nitrogen and oxygen atoms in total. The summed E-state index contributed by atoms with van der Waals surface area (Å²) in [4.78, 5) is 6.16. The molecule has 0 atom stereocenters. The fraction of sp³-hybridized carbons (Fsp3) is 0.615. The maximum atomic E-state index is 11.9. The SMILES string of the molecule is NC1CCN(c2cncc(OCOCC(F)(F)F)c2)CC1. The minimum absolute atomic E-state index is 0.226. The van der Waals surface area contributed by atoms with Crippen molar-refractivity contribution < 1.29 is 22.6 Å². The van der Waals surface area contributed by atoms with Crippen LogP contribution in [0.2, 0.25) is 0 Å². The standard InChI is InChI=1S/C13H18F3N3O2/c14-13(15,16)8-20-9-21-12-5-11(6-18-7-12)19-3-1-10(17)2-4-19/h5-7,10H,1-4,8-9,17H2. The van der Waals surface area contributed by atoms with Gasteiger partial charge in [0.25, 0.3) is 0 Å². The zero-order valence-corrected chi connectivity index (χ0v) is 11.5. The molecule has 2 N–H and O–H groups in total. The largest absolute Gasteiger partial charge is 0.466 e. The Labute approximate surface area is 120 Å². The highest BCUT2D eigenvalue weighted by molar-refractivity contribution is 5.48. The lowest BCUT2D eigenvalue weighted by atomic mass is 10.1. The first-order valence-corrected chi connectivity index (χ1v) is 6.67.